The van der Waals surface area contributed by atoms with Gasteiger partial charge in [-0.05, 0) is 39.9 Å². The molecular formula is C8H12BrClN2OS. The van der Waals surface area contributed by atoms with Crippen LogP contribution in [0.4, 0.5) is 0 Å². The van der Waals surface area contributed by atoms with E-state index >= 15 is 0 Å². The Kier molecular flexibility index (Phi) is 6.35. The van der Waals surface area contributed by atoms with Crippen molar-refractivity contribution < 1.29 is 4.79 Å². The number of nitrogens with two attached hydrogens (primary N) is 1. The molecule has 0 saturated heterocycles. The second kappa shape index (κ2) is 6.40. The molecule has 1 unspecified atom stereocenters. The average Bonchev–Trinajstić information content (AvgIpc) is 2.47. The molecule has 0 aromatic carbocycles. The van der Waals surface area contributed by atoms with Crippen LogP contribution in [-0.2, 0) is 11.3 Å². The van der Waals surface area contributed by atoms with E-state index in [1.807, 2.05) is 11.4 Å². The molecule has 1 amide bonds. The van der Waals surface area contributed by atoms with Crippen LogP contribution < -0.4 is 11.1 Å². The molecule has 0 radical (unpaired) electrons. The number of nitrogens with one attached hydrogen (secondary N) is 1. The second-order valence-corrected chi connectivity index (χ2v) is 5.06. The van der Waals surface area contributed by atoms with Gasteiger partial charge < -0.3 is 11.1 Å². The van der Waals surface area contributed by atoms with E-state index in [0.29, 0.717) is 6.54 Å². The van der Waals surface area contributed by atoms with Gasteiger partial charge in [0.1, 0.15) is 0 Å². The molecule has 3 N–H and O–H groups in total. The number of carbonyl (C=O) groups is 1. The van der Waals surface area contributed by atoms with E-state index in [1.165, 1.54) is 0 Å². The van der Waals surface area contributed by atoms with Crippen LogP contribution in [0.2, 0.25) is 0 Å². The van der Waals surface area contributed by atoms with E-state index in [9.17, 15) is 4.79 Å². The fourth-order valence-corrected chi connectivity index (χ4v) is 2.00. The monoisotopic (exact) mass is 298 g/mol. The minimum atomic E-state index is -0.443. The summed E-state index contributed by atoms with van der Waals surface area (Å²) in [6.07, 6.45) is 0. The van der Waals surface area contributed by atoms with Gasteiger partial charge in [-0.15, -0.1) is 23.7 Å². The smallest absolute Gasteiger partial charge is 0.236 e. The van der Waals surface area contributed by atoms with Gasteiger partial charge in [0, 0.05) is 6.54 Å². The summed E-state index contributed by atoms with van der Waals surface area (Å²) >= 11 is 4.95. The molecule has 0 fully saturated rings. The maximum Gasteiger partial charge on any atom is 0.236 e. The van der Waals surface area contributed by atoms with Gasteiger partial charge in [-0.1, -0.05) is 0 Å². The molecule has 0 aliphatic rings. The molecule has 1 aromatic heterocycles. The lowest BCUT2D eigenvalue weighted by atomic mass is 10.3. The van der Waals surface area contributed by atoms with Crippen molar-refractivity contribution in [2.24, 2.45) is 5.73 Å². The summed E-state index contributed by atoms with van der Waals surface area (Å²) in [5.74, 6) is -0.123. The third kappa shape index (κ3) is 4.41. The maximum absolute atomic E-state index is 11.1. The lowest BCUT2D eigenvalue weighted by Crippen LogP contribution is -2.37. The first-order valence-electron chi connectivity index (χ1n) is 3.86. The molecule has 0 bridgehead atoms. The molecule has 3 nitrogen and oxygen atoms in total. The highest BCUT2D eigenvalue weighted by Crippen LogP contribution is 2.20. The summed E-state index contributed by atoms with van der Waals surface area (Å²) in [7, 11) is 0. The quantitative estimate of drug-likeness (QED) is 0.895. The number of halogens is 2. The van der Waals surface area contributed by atoms with Gasteiger partial charge in [-0.2, -0.15) is 0 Å². The van der Waals surface area contributed by atoms with Crippen LogP contribution in [0.15, 0.2) is 15.2 Å². The van der Waals surface area contributed by atoms with Crippen LogP contribution in [-0.4, -0.2) is 11.9 Å². The number of hydrogen-bond acceptors (Lipinski definition) is 3. The molecule has 6 heteroatoms. The third-order valence-electron chi connectivity index (χ3n) is 1.50. The van der Waals surface area contributed by atoms with Gasteiger partial charge in [-0.25, -0.2) is 0 Å². The van der Waals surface area contributed by atoms with Gasteiger partial charge in [0.2, 0.25) is 5.91 Å². The highest BCUT2D eigenvalue weighted by atomic mass is 79.9. The van der Waals surface area contributed by atoms with Crippen LogP contribution in [0, 0.1) is 0 Å². The fourth-order valence-electron chi connectivity index (χ4n) is 0.789. The Balaban J connectivity index is 0.00000169. The van der Waals surface area contributed by atoms with Crippen molar-refractivity contribution in [3.05, 3.63) is 20.8 Å². The Morgan fingerprint density at radius 3 is 2.86 bits per heavy atom. The van der Waals surface area contributed by atoms with E-state index in [0.717, 1.165) is 9.35 Å². The van der Waals surface area contributed by atoms with E-state index in [4.69, 9.17) is 5.73 Å². The average molecular weight is 300 g/mol. The van der Waals surface area contributed by atoms with Crippen molar-refractivity contribution >= 4 is 45.6 Å². The van der Waals surface area contributed by atoms with Crippen LogP contribution in [0.5, 0.6) is 0 Å². The van der Waals surface area contributed by atoms with Gasteiger partial charge in [0.15, 0.2) is 0 Å². The van der Waals surface area contributed by atoms with Crippen molar-refractivity contribution in [1.82, 2.24) is 5.32 Å². The van der Waals surface area contributed by atoms with Crippen LogP contribution in [0.1, 0.15) is 12.5 Å². The van der Waals surface area contributed by atoms with Crippen molar-refractivity contribution in [2.75, 3.05) is 0 Å². The Bertz CT molecular complexity index is 303. The zero-order chi connectivity index (χ0) is 9.84. The Morgan fingerprint density at radius 1 is 1.79 bits per heavy atom. The first kappa shape index (κ1) is 13.9. The van der Waals surface area contributed by atoms with Gasteiger partial charge in [0.25, 0.3) is 0 Å². The Labute approximate surface area is 102 Å². The molecule has 1 heterocycles. The number of carbonyl (C=O) groups excluding carboxylic acids is 1. The summed E-state index contributed by atoms with van der Waals surface area (Å²) in [6.45, 7) is 2.21. The molecule has 0 spiro atoms. The molecule has 80 valence electrons. The molecule has 0 saturated carbocycles. The van der Waals surface area contributed by atoms with Gasteiger partial charge in [-0.3, -0.25) is 4.79 Å². The van der Waals surface area contributed by atoms with Crippen molar-refractivity contribution in [3.63, 3.8) is 0 Å². The Hall–Kier alpha value is -0.100. The predicted octanol–water partition coefficient (Wildman–Crippen LogP) is 1.90. The zero-order valence-electron chi connectivity index (χ0n) is 7.62. The maximum atomic E-state index is 11.1. The highest BCUT2D eigenvalue weighted by molar-refractivity contribution is 9.11. The number of hydrogen-bond donors (Lipinski definition) is 2. The normalized spacial score (nSPS) is 11.6. The van der Waals surface area contributed by atoms with Gasteiger partial charge >= 0.3 is 0 Å². The van der Waals surface area contributed by atoms with Gasteiger partial charge in [0.05, 0.1) is 9.83 Å². The van der Waals surface area contributed by atoms with Crippen molar-refractivity contribution in [2.45, 2.75) is 19.5 Å². The molecule has 1 aromatic rings. The molecule has 0 aliphatic carbocycles. The lowest BCUT2D eigenvalue weighted by Gasteiger charge is -2.05. The summed E-state index contributed by atoms with van der Waals surface area (Å²) in [5, 5.41) is 4.73. The lowest BCUT2D eigenvalue weighted by molar-refractivity contribution is -0.122. The van der Waals surface area contributed by atoms with Crippen molar-refractivity contribution in [3.8, 4) is 0 Å². The first-order valence-corrected chi connectivity index (χ1v) is 5.53. The standard InChI is InChI=1S/C8H11BrN2OS.ClH/c1-5(10)8(12)11-3-6-2-7(9)13-4-6;/h2,4-5H,3,10H2,1H3,(H,11,12);1H. The topological polar surface area (TPSA) is 55.1 Å². The number of thiophene rings is 1. The van der Waals surface area contributed by atoms with Crippen LogP contribution in [0.3, 0.4) is 0 Å². The van der Waals surface area contributed by atoms with E-state index in [2.05, 4.69) is 21.2 Å². The largest absolute Gasteiger partial charge is 0.351 e. The molecular weight excluding hydrogens is 288 g/mol. The number of rotatable bonds is 3. The summed E-state index contributed by atoms with van der Waals surface area (Å²) < 4.78 is 1.07. The van der Waals surface area contributed by atoms with Crippen LogP contribution in [0.25, 0.3) is 0 Å². The first-order chi connectivity index (χ1) is 6.09. The zero-order valence-corrected chi connectivity index (χ0v) is 10.8. The van der Waals surface area contributed by atoms with Crippen LogP contribution >= 0.6 is 39.7 Å². The minimum absolute atomic E-state index is 0. The molecule has 0 aliphatic heterocycles. The van der Waals surface area contributed by atoms with E-state index in [-0.39, 0.29) is 18.3 Å². The highest BCUT2D eigenvalue weighted by Gasteiger charge is 2.06. The number of amides is 1. The molecule has 1 atom stereocenters. The minimum Gasteiger partial charge on any atom is -0.351 e. The second-order valence-electron chi connectivity index (χ2n) is 2.77. The summed E-state index contributed by atoms with van der Waals surface area (Å²) in [6, 6.07) is 1.54. The third-order valence-corrected chi connectivity index (χ3v) is 3.06. The Morgan fingerprint density at radius 2 is 2.43 bits per heavy atom. The predicted molar refractivity (Wildman–Crippen MR) is 64.8 cm³/mol. The summed E-state index contributed by atoms with van der Waals surface area (Å²) in [4.78, 5) is 11.1. The van der Waals surface area contributed by atoms with E-state index in [1.54, 1.807) is 18.3 Å². The fraction of sp³-hybridized carbons (Fsp3) is 0.375. The SMILES string of the molecule is CC(N)C(=O)NCc1csc(Br)c1.Cl. The summed E-state index contributed by atoms with van der Waals surface area (Å²) in [5.41, 5.74) is 6.48. The molecule has 1 rings (SSSR count). The van der Waals surface area contributed by atoms with Crippen molar-refractivity contribution in [1.29, 1.82) is 0 Å². The van der Waals surface area contributed by atoms with E-state index < -0.39 is 6.04 Å². The molecule has 14 heavy (non-hydrogen) atoms.